The second-order valence-electron chi connectivity index (χ2n) is 7.89. The summed E-state index contributed by atoms with van der Waals surface area (Å²) in [6.45, 7) is 1.77. The Kier molecular flexibility index (Phi) is 6.25. The van der Waals surface area contributed by atoms with Gasteiger partial charge in [-0.15, -0.1) is 0 Å². The van der Waals surface area contributed by atoms with Gasteiger partial charge in [0.05, 0.1) is 27.9 Å². The Morgan fingerprint density at radius 3 is 2.71 bits per heavy atom. The van der Waals surface area contributed by atoms with Gasteiger partial charge in [-0.2, -0.15) is 0 Å². The van der Waals surface area contributed by atoms with Crippen LogP contribution in [0.1, 0.15) is 26.2 Å². The Morgan fingerprint density at radius 2 is 2.09 bits per heavy atom. The van der Waals surface area contributed by atoms with E-state index in [-0.39, 0.29) is 41.1 Å². The topological polar surface area (TPSA) is 166 Å². The van der Waals surface area contributed by atoms with Crippen LogP contribution in [0.2, 0.25) is 0 Å². The van der Waals surface area contributed by atoms with Gasteiger partial charge in [0.1, 0.15) is 17.4 Å². The Labute approximate surface area is 194 Å². The number of ether oxygens (including phenoxy) is 1. The van der Waals surface area contributed by atoms with E-state index < -0.39 is 38.2 Å². The second kappa shape index (κ2) is 9.00. The standard InChI is InChI=1S/C21H23N5O7S/c1-2-33-20(28)21(10-8-14(27)12-21)24-23-18-16-9-11-25(19(16)22-13-17(18)26(29)30)34(31,32)15-6-4-3-5-7-15/h3-7,9,11,13-14,24,27H,2,8,10,12H2,1H3,(H,22,23). The molecule has 0 radical (unpaired) electrons. The third-order valence-corrected chi connectivity index (χ3v) is 7.42. The van der Waals surface area contributed by atoms with Crippen LogP contribution in [0.15, 0.2) is 53.7 Å². The molecule has 1 aliphatic rings. The number of nitro groups is 1. The molecule has 0 aliphatic heterocycles. The lowest BCUT2D eigenvalue weighted by atomic mass is 9.99. The molecule has 180 valence electrons. The molecule has 3 N–H and O–H groups in total. The summed E-state index contributed by atoms with van der Waals surface area (Å²) in [4.78, 5) is 27.7. The fourth-order valence-corrected chi connectivity index (χ4v) is 5.37. The summed E-state index contributed by atoms with van der Waals surface area (Å²) in [5.74, 6) is -0.601. The van der Waals surface area contributed by atoms with Crippen LogP contribution in [-0.2, 0) is 19.6 Å². The fourth-order valence-electron chi connectivity index (χ4n) is 4.04. The van der Waals surface area contributed by atoms with Crippen molar-refractivity contribution in [2.75, 3.05) is 12.0 Å². The van der Waals surface area contributed by atoms with E-state index in [0.29, 0.717) is 6.42 Å². The predicted molar refractivity (Wildman–Crippen MR) is 121 cm³/mol. The maximum Gasteiger partial charge on any atom is 0.328 e. The lowest BCUT2D eigenvalue weighted by molar-refractivity contribution is -0.384. The molecule has 0 bridgehead atoms. The number of carbonyl (C=O) groups excluding carboxylic acids is 1. The number of rotatable bonds is 8. The van der Waals surface area contributed by atoms with Crippen molar-refractivity contribution in [2.45, 2.75) is 42.7 Å². The van der Waals surface area contributed by atoms with Gasteiger partial charge in [-0.3, -0.25) is 10.1 Å². The highest BCUT2D eigenvalue weighted by atomic mass is 32.2. The number of aliphatic hydroxyl groups excluding tert-OH is 1. The number of aromatic nitrogens is 2. The zero-order valence-electron chi connectivity index (χ0n) is 18.2. The maximum atomic E-state index is 13.1. The van der Waals surface area contributed by atoms with Crippen LogP contribution in [0.25, 0.3) is 11.0 Å². The summed E-state index contributed by atoms with van der Waals surface area (Å²) in [5.41, 5.74) is 3.72. The van der Waals surface area contributed by atoms with Crippen LogP contribution in [0.3, 0.4) is 0 Å². The molecular formula is C21H23N5O7S. The van der Waals surface area contributed by atoms with E-state index in [9.17, 15) is 28.4 Å². The minimum Gasteiger partial charge on any atom is -0.465 e. The third-order valence-electron chi connectivity index (χ3n) is 5.74. The molecule has 2 unspecified atom stereocenters. The fraction of sp³-hybridized carbons (Fsp3) is 0.333. The third kappa shape index (κ3) is 4.08. The van der Waals surface area contributed by atoms with Gasteiger partial charge in [0.15, 0.2) is 5.65 Å². The van der Waals surface area contributed by atoms with Crippen molar-refractivity contribution in [3.8, 4) is 0 Å². The summed E-state index contributed by atoms with van der Waals surface area (Å²) in [6, 6.07) is 9.10. The normalized spacial score (nSPS) is 20.4. The molecule has 0 spiro atoms. The van der Waals surface area contributed by atoms with Gasteiger partial charge in [-0.05, 0) is 38.0 Å². The van der Waals surface area contributed by atoms with Gasteiger partial charge < -0.3 is 15.3 Å². The maximum absolute atomic E-state index is 13.1. The van der Waals surface area contributed by atoms with E-state index >= 15 is 0 Å². The second-order valence-corrected chi connectivity index (χ2v) is 9.71. The largest absolute Gasteiger partial charge is 0.465 e. The predicted octanol–water partition coefficient (Wildman–Crippen LogP) is 1.94. The van der Waals surface area contributed by atoms with Crippen molar-refractivity contribution in [2.24, 2.45) is 0 Å². The van der Waals surface area contributed by atoms with Crippen molar-refractivity contribution in [3.05, 3.63) is 58.9 Å². The Morgan fingerprint density at radius 1 is 1.35 bits per heavy atom. The van der Waals surface area contributed by atoms with Crippen LogP contribution in [0.4, 0.5) is 11.4 Å². The highest BCUT2D eigenvalue weighted by Crippen LogP contribution is 2.36. The number of benzene rings is 1. The number of carbonyl (C=O) groups is 1. The van der Waals surface area contributed by atoms with Crippen LogP contribution in [0, 0.1) is 10.1 Å². The molecule has 0 saturated heterocycles. The molecule has 13 heteroatoms. The zero-order chi connectivity index (χ0) is 24.5. The highest BCUT2D eigenvalue weighted by molar-refractivity contribution is 7.90. The lowest BCUT2D eigenvalue weighted by Gasteiger charge is -2.28. The summed E-state index contributed by atoms with van der Waals surface area (Å²) < 4.78 is 32.3. The van der Waals surface area contributed by atoms with Crippen LogP contribution in [-0.4, -0.2) is 51.6 Å². The number of hydrogen-bond donors (Lipinski definition) is 3. The number of aliphatic hydroxyl groups is 1. The number of anilines is 1. The first-order chi connectivity index (χ1) is 16.2. The SMILES string of the molecule is CCOC(=O)C1(NNc2c([N+](=O)[O-])cnc3c2ccn3S(=O)(=O)c2ccccc2)CCC(O)C1. The van der Waals surface area contributed by atoms with Crippen LogP contribution < -0.4 is 10.9 Å². The molecule has 2 atom stereocenters. The number of pyridine rings is 1. The Hall–Kier alpha value is -3.55. The monoisotopic (exact) mass is 489 g/mol. The molecule has 12 nitrogen and oxygen atoms in total. The average molecular weight is 490 g/mol. The first-order valence-electron chi connectivity index (χ1n) is 10.5. The number of fused-ring (bicyclic) bond motifs is 1. The molecule has 1 aromatic carbocycles. The number of hydrogen-bond acceptors (Lipinski definition) is 10. The summed E-state index contributed by atoms with van der Waals surface area (Å²) in [7, 11) is -4.01. The Bertz CT molecular complexity index is 1340. The van der Waals surface area contributed by atoms with Gasteiger partial charge >= 0.3 is 11.7 Å². The van der Waals surface area contributed by atoms with Crippen molar-refractivity contribution >= 4 is 38.4 Å². The summed E-state index contributed by atoms with van der Waals surface area (Å²) in [6.07, 6.45) is 2.09. The van der Waals surface area contributed by atoms with Gasteiger partial charge in [-0.1, -0.05) is 18.2 Å². The van der Waals surface area contributed by atoms with Crippen molar-refractivity contribution in [1.29, 1.82) is 0 Å². The first-order valence-corrected chi connectivity index (χ1v) is 12.0. The molecule has 1 aliphatic carbocycles. The van der Waals surface area contributed by atoms with Crippen LogP contribution >= 0.6 is 0 Å². The van der Waals surface area contributed by atoms with Crippen molar-refractivity contribution < 1.29 is 28.0 Å². The average Bonchev–Trinajstić information content (AvgIpc) is 3.43. The van der Waals surface area contributed by atoms with E-state index in [1.54, 1.807) is 25.1 Å². The van der Waals surface area contributed by atoms with Crippen molar-refractivity contribution in [1.82, 2.24) is 14.4 Å². The first kappa shape index (κ1) is 23.6. The van der Waals surface area contributed by atoms with E-state index in [2.05, 4.69) is 15.8 Å². The van der Waals surface area contributed by atoms with Gasteiger partial charge in [0.2, 0.25) is 0 Å². The van der Waals surface area contributed by atoms with Gasteiger partial charge in [-0.25, -0.2) is 27.6 Å². The number of esters is 1. The van der Waals surface area contributed by atoms with Crippen molar-refractivity contribution in [3.63, 3.8) is 0 Å². The van der Waals surface area contributed by atoms with Gasteiger partial charge in [0.25, 0.3) is 10.0 Å². The molecule has 2 heterocycles. The van der Waals surface area contributed by atoms with E-state index in [1.165, 1.54) is 24.4 Å². The molecule has 1 fully saturated rings. The smallest absolute Gasteiger partial charge is 0.328 e. The lowest BCUT2D eigenvalue weighted by Crippen LogP contribution is -2.54. The van der Waals surface area contributed by atoms with Gasteiger partial charge in [0, 0.05) is 12.6 Å². The summed E-state index contributed by atoms with van der Waals surface area (Å²) in [5, 5.41) is 21.9. The molecule has 34 heavy (non-hydrogen) atoms. The Balaban J connectivity index is 1.77. The zero-order valence-corrected chi connectivity index (χ0v) is 19.0. The highest BCUT2D eigenvalue weighted by Gasteiger charge is 2.46. The van der Waals surface area contributed by atoms with E-state index in [1.807, 2.05) is 0 Å². The molecule has 2 aromatic heterocycles. The number of nitrogens with one attached hydrogen (secondary N) is 2. The molecule has 3 aromatic rings. The number of nitrogens with zero attached hydrogens (tertiary/aromatic N) is 3. The minimum atomic E-state index is -4.01. The minimum absolute atomic E-state index is 0.0292. The molecular weight excluding hydrogens is 466 g/mol. The molecule has 0 amide bonds. The van der Waals surface area contributed by atoms with E-state index in [4.69, 9.17) is 4.74 Å². The molecule has 1 saturated carbocycles. The summed E-state index contributed by atoms with van der Waals surface area (Å²) >= 11 is 0. The quantitative estimate of drug-likeness (QED) is 0.242. The van der Waals surface area contributed by atoms with Crippen LogP contribution in [0.5, 0.6) is 0 Å². The molecule has 4 rings (SSSR count). The van der Waals surface area contributed by atoms with E-state index in [0.717, 1.165) is 10.2 Å². The number of hydrazine groups is 1.